The van der Waals surface area contributed by atoms with Gasteiger partial charge in [-0.2, -0.15) is 0 Å². The predicted molar refractivity (Wildman–Crippen MR) is 78.8 cm³/mol. The molecule has 1 aromatic carbocycles. The fourth-order valence-corrected chi connectivity index (χ4v) is 2.67. The summed E-state index contributed by atoms with van der Waals surface area (Å²) in [4.78, 5) is 18.8. The minimum Gasteiger partial charge on any atom is -0.384 e. The molecule has 1 heterocycles. The molecule has 20 heavy (non-hydrogen) atoms. The van der Waals surface area contributed by atoms with Gasteiger partial charge in [0.2, 0.25) is 0 Å². The van der Waals surface area contributed by atoms with Gasteiger partial charge in [0.15, 0.2) is 5.16 Å². The molecule has 0 spiro atoms. The molecule has 0 radical (unpaired) electrons. The van der Waals surface area contributed by atoms with E-state index >= 15 is 0 Å². The van der Waals surface area contributed by atoms with Gasteiger partial charge >= 0.3 is 0 Å². The first-order valence-electron chi connectivity index (χ1n) is 5.62. The molecule has 0 aliphatic heterocycles. The van der Waals surface area contributed by atoms with Gasteiger partial charge in [-0.25, -0.2) is 9.97 Å². The SMILES string of the molecule is Cc1cc(N)nc(SCc2ccc(Cl)cc2[N+](=O)[O-])n1. The molecule has 8 heteroatoms. The summed E-state index contributed by atoms with van der Waals surface area (Å²) in [5, 5.41) is 11.8. The average molecular weight is 311 g/mol. The molecule has 0 amide bonds. The predicted octanol–water partition coefficient (Wildman–Crippen LogP) is 3.22. The van der Waals surface area contributed by atoms with Crippen molar-refractivity contribution in [1.82, 2.24) is 9.97 Å². The number of anilines is 1. The molecule has 0 unspecified atom stereocenters. The van der Waals surface area contributed by atoms with Crippen LogP contribution < -0.4 is 5.73 Å². The molecule has 0 atom stereocenters. The minimum atomic E-state index is -0.451. The van der Waals surface area contributed by atoms with E-state index in [0.29, 0.717) is 27.3 Å². The lowest BCUT2D eigenvalue weighted by Crippen LogP contribution is -1.98. The second kappa shape index (κ2) is 6.06. The molecule has 1 aromatic heterocycles. The third kappa shape index (κ3) is 3.58. The Labute approximate surface area is 124 Å². The largest absolute Gasteiger partial charge is 0.384 e. The summed E-state index contributed by atoms with van der Waals surface area (Å²) < 4.78 is 0. The first-order valence-corrected chi connectivity index (χ1v) is 6.99. The number of halogens is 1. The third-order valence-electron chi connectivity index (χ3n) is 2.45. The number of hydrogen-bond donors (Lipinski definition) is 1. The Morgan fingerprint density at radius 2 is 2.15 bits per heavy atom. The number of nitrogens with zero attached hydrogens (tertiary/aromatic N) is 3. The van der Waals surface area contributed by atoms with E-state index in [1.165, 1.54) is 17.8 Å². The number of thioether (sulfide) groups is 1. The van der Waals surface area contributed by atoms with Crippen LogP contribution in [0.5, 0.6) is 0 Å². The van der Waals surface area contributed by atoms with Gasteiger partial charge in [0.25, 0.3) is 5.69 Å². The van der Waals surface area contributed by atoms with E-state index < -0.39 is 4.92 Å². The second-order valence-corrected chi connectivity index (χ2v) is 5.41. The maximum Gasteiger partial charge on any atom is 0.274 e. The Hall–Kier alpha value is -1.86. The van der Waals surface area contributed by atoms with Crippen LogP contribution in [-0.4, -0.2) is 14.9 Å². The standard InChI is InChI=1S/C12H11ClN4O2S/c1-7-4-11(14)16-12(15-7)20-6-8-2-3-9(13)5-10(8)17(18)19/h2-5H,6H2,1H3,(H2,14,15,16). The Balaban J connectivity index is 2.20. The zero-order valence-corrected chi connectivity index (χ0v) is 12.1. The topological polar surface area (TPSA) is 94.9 Å². The van der Waals surface area contributed by atoms with Crippen LogP contribution in [0.25, 0.3) is 0 Å². The number of aryl methyl sites for hydroxylation is 1. The molecule has 104 valence electrons. The van der Waals surface area contributed by atoms with Crippen molar-refractivity contribution >= 4 is 34.9 Å². The first-order chi connectivity index (χ1) is 9.45. The molecular formula is C12H11ClN4O2S. The zero-order valence-electron chi connectivity index (χ0n) is 10.5. The molecule has 2 aromatic rings. The van der Waals surface area contributed by atoms with Gasteiger partial charge in [-0.3, -0.25) is 10.1 Å². The third-order valence-corrected chi connectivity index (χ3v) is 3.59. The van der Waals surface area contributed by atoms with Crippen LogP contribution in [0.4, 0.5) is 11.5 Å². The molecule has 0 fully saturated rings. The summed E-state index contributed by atoms with van der Waals surface area (Å²) in [5.41, 5.74) is 6.95. The molecule has 0 saturated carbocycles. The first kappa shape index (κ1) is 14.5. The summed E-state index contributed by atoms with van der Waals surface area (Å²) in [6.45, 7) is 1.81. The fraction of sp³-hybridized carbons (Fsp3) is 0.167. The maximum atomic E-state index is 11.0. The van der Waals surface area contributed by atoms with Crippen molar-refractivity contribution < 1.29 is 4.92 Å². The van der Waals surface area contributed by atoms with Crippen molar-refractivity contribution in [3.63, 3.8) is 0 Å². The van der Waals surface area contributed by atoms with Gasteiger partial charge in [-0.15, -0.1) is 0 Å². The van der Waals surface area contributed by atoms with Crippen molar-refractivity contribution in [2.45, 2.75) is 17.8 Å². The summed E-state index contributed by atoms with van der Waals surface area (Å²) in [6, 6.07) is 6.25. The van der Waals surface area contributed by atoms with E-state index in [4.69, 9.17) is 17.3 Å². The molecule has 0 saturated heterocycles. The second-order valence-electron chi connectivity index (χ2n) is 4.04. The van der Waals surface area contributed by atoms with Crippen LogP contribution in [-0.2, 0) is 5.75 Å². The molecule has 0 aliphatic carbocycles. The summed E-state index contributed by atoms with van der Waals surface area (Å²) in [6.07, 6.45) is 0. The highest BCUT2D eigenvalue weighted by atomic mass is 35.5. The van der Waals surface area contributed by atoms with Crippen LogP contribution in [0.2, 0.25) is 5.02 Å². The van der Waals surface area contributed by atoms with E-state index in [1.807, 2.05) is 6.92 Å². The van der Waals surface area contributed by atoms with Gasteiger partial charge < -0.3 is 5.73 Å². The van der Waals surface area contributed by atoms with Crippen LogP contribution in [0.15, 0.2) is 29.4 Å². The molecule has 2 N–H and O–H groups in total. The summed E-state index contributed by atoms with van der Waals surface area (Å²) in [5.74, 6) is 0.752. The fourth-order valence-electron chi connectivity index (χ4n) is 1.60. The maximum absolute atomic E-state index is 11.0. The van der Waals surface area contributed by atoms with Gasteiger partial charge in [0.1, 0.15) is 5.82 Å². The monoisotopic (exact) mass is 310 g/mol. The lowest BCUT2D eigenvalue weighted by molar-refractivity contribution is -0.385. The van der Waals surface area contributed by atoms with E-state index in [1.54, 1.807) is 18.2 Å². The molecule has 2 rings (SSSR count). The number of nitrogen functional groups attached to an aromatic ring is 1. The normalized spacial score (nSPS) is 10.5. The summed E-state index contributed by atoms with van der Waals surface area (Å²) in [7, 11) is 0. The number of nitro groups is 1. The van der Waals surface area contributed by atoms with Gasteiger partial charge in [0, 0.05) is 34.2 Å². The van der Waals surface area contributed by atoms with E-state index in [9.17, 15) is 10.1 Å². The van der Waals surface area contributed by atoms with Crippen LogP contribution in [0, 0.1) is 17.0 Å². The Bertz CT molecular complexity index is 646. The smallest absolute Gasteiger partial charge is 0.274 e. The number of nitrogens with two attached hydrogens (primary N) is 1. The lowest BCUT2D eigenvalue weighted by atomic mass is 10.2. The number of nitro benzene ring substituents is 1. The Morgan fingerprint density at radius 3 is 2.80 bits per heavy atom. The minimum absolute atomic E-state index is 0.00868. The van der Waals surface area contributed by atoms with Crippen molar-refractivity contribution in [2.24, 2.45) is 0 Å². The van der Waals surface area contributed by atoms with E-state index in [-0.39, 0.29) is 5.69 Å². The van der Waals surface area contributed by atoms with Crippen LogP contribution in [0.1, 0.15) is 11.3 Å². The number of aromatic nitrogens is 2. The van der Waals surface area contributed by atoms with Gasteiger partial charge in [-0.1, -0.05) is 23.4 Å². The summed E-state index contributed by atoms with van der Waals surface area (Å²) >= 11 is 7.06. The van der Waals surface area contributed by atoms with Crippen molar-refractivity contribution in [1.29, 1.82) is 0 Å². The highest BCUT2D eigenvalue weighted by Gasteiger charge is 2.15. The van der Waals surface area contributed by atoms with Crippen molar-refractivity contribution in [3.8, 4) is 0 Å². The molecule has 0 bridgehead atoms. The van der Waals surface area contributed by atoms with Crippen LogP contribution >= 0.6 is 23.4 Å². The van der Waals surface area contributed by atoms with Crippen molar-refractivity contribution in [3.05, 3.63) is 50.7 Å². The lowest BCUT2D eigenvalue weighted by Gasteiger charge is -2.04. The number of hydrogen-bond acceptors (Lipinski definition) is 6. The number of rotatable bonds is 4. The Kier molecular flexibility index (Phi) is 4.41. The highest BCUT2D eigenvalue weighted by molar-refractivity contribution is 7.98. The Morgan fingerprint density at radius 1 is 1.40 bits per heavy atom. The van der Waals surface area contributed by atoms with Crippen LogP contribution in [0.3, 0.4) is 0 Å². The average Bonchev–Trinajstić information content (AvgIpc) is 2.36. The zero-order chi connectivity index (χ0) is 14.7. The van der Waals surface area contributed by atoms with Crippen molar-refractivity contribution in [2.75, 3.05) is 5.73 Å². The van der Waals surface area contributed by atoms with E-state index in [2.05, 4.69) is 9.97 Å². The molecular weight excluding hydrogens is 300 g/mol. The molecule has 0 aliphatic rings. The number of benzene rings is 1. The van der Waals surface area contributed by atoms with Gasteiger partial charge in [0.05, 0.1) is 4.92 Å². The van der Waals surface area contributed by atoms with E-state index in [0.717, 1.165) is 5.69 Å². The quantitative estimate of drug-likeness (QED) is 0.403. The highest BCUT2D eigenvalue weighted by Crippen LogP contribution is 2.29. The molecule has 6 nitrogen and oxygen atoms in total. The van der Waals surface area contributed by atoms with Gasteiger partial charge in [-0.05, 0) is 19.1 Å².